The van der Waals surface area contributed by atoms with Gasteiger partial charge in [0.2, 0.25) is 6.79 Å². The summed E-state index contributed by atoms with van der Waals surface area (Å²) in [5.74, 6) is -0.0567. The number of hydrogen-bond acceptors (Lipinski definition) is 10. The fourth-order valence-corrected chi connectivity index (χ4v) is 3.99. The van der Waals surface area contributed by atoms with E-state index in [0.29, 0.717) is 23.1 Å². The molecule has 0 radical (unpaired) electrons. The number of phenolic OH excluding ortho intramolecular Hbond substituents is 1. The molecule has 2 aromatic carbocycles. The lowest BCUT2D eigenvalue weighted by atomic mass is 10.0. The lowest BCUT2D eigenvalue weighted by Gasteiger charge is -2.20. The van der Waals surface area contributed by atoms with Crippen LogP contribution in [0.4, 0.5) is 17.3 Å². The number of nitrogens with one attached hydrogen (secondary N) is 2. The molecule has 0 fully saturated rings. The van der Waals surface area contributed by atoms with Gasteiger partial charge in [0, 0.05) is 7.05 Å². The largest absolute Gasteiger partial charge is 0.505 e. The van der Waals surface area contributed by atoms with E-state index in [-0.39, 0.29) is 29.8 Å². The SMILES string of the molecule is C=C(C)C(Nc1nsnc1Nc1cccc(C(=O)N(C)CC(=O)O)c1O)c1ccc2c(c1)OCO2. The number of carboxylic acids is 1. The van der Waals surface area contributed by atoms with Crippen LogP contribution in [0.25, 0.3) is 0 Å². The van der Waals surface area contributed by atoms with Crippen LogP contribution in [0.3, 0.4) is 0 Å². The van der Waals surface area contributed by atoms with Gasteiger partial charge in [-0.1, -0.05) is 24.3 Å². The molecule has 12 heteroatoms. The van der Waals surface area contributed by atoms with Crippen LogP contribution in [0.5, 0.6) is 17.2 Å². The molecule has 4 rings (SSSR count). The highest BCUT2D eigenvalue weighted by molar-refractivity contribution is 6.99. The van der Waals surface area contributed by atoms with Crippen LogP contribution in [0, 0.1) is 0 Å². The van der Waals surface area contributed by atoms with Crippen molar-refractivity contribution < 1.29 is 29.3 Å². The number of carbonyl (C=O) groups is 2. The highest BCUT2D eigenvalue weighted by atomic mass is 32.1. The number of aliphatic carboxylic acids is 1. The van der Waals surface area contributed by atoms with Crippen molar-refractivity contribution >= 4 is 40.9 Å². The van der Waals surface area contributed by atoms with Gasteiger partial charge in [-0.25, -0.2) is 0 Å². The van der Waals surface area contributed by atoms with Crippen LogP contribution in [-0.2, 0) is 4.79 Å². The molecule has 0 saturated heterocycles. The van der Waals surface area contributed by atoms with Crippen molar-refractivity contribution in [3.05, 3.63) is 59.7 Å². The Morgan fingerprint density at radius 3 is 2.69 bits per heavy atom. The molecule has 0 aliphatic carbocycles. The summed E-state index contributed by atoms with van der Waals surface area (Å²) in [6, 6.07) is 9.84. The van der Waals surface area contributed by atoms with Crippen molar-refractivity contribution in [1.29, 1.82) is 0 Å². The summed E-state index contributed by atoms with van der Waals surface area (Å²) in [6.07, 6.45) is 0. The molecular formula is C23H23N5O6S. The normalized spacial score (nSPS) is 12.6. The van der Waals surface area contributed by atoms with Crippen molar-refractivity contribution in [2.45, 2.75) is 13.0 Å². The van der Waals surface area contributed by atoms with Crippen LogP contribution in [-0.4, -0.2) is 56.1 Å². The number of carbonyl (C=O) groups excluding carboxylic acids is 1. The Morgan fingerprint density at radius 1 is 1.20 bits per heavy atom. The van der Waals surface area contributed by atoms with E-state index >= 15 is 0 Å². The number of aromatic nitrogens is 2. The molecule has 35 heavy (non-hydrogen) atoms. The quantitative estimate of drug-likeness (QED) is 0.255. The molecule has 1 aliphatic heterocycles. The minimum absolute atomic E-state index is 0.0448. The van der Waals surface area contributed by atoms with Crippen LogP contribution in [0.2, 0.25) is 0 Å². The number of aromatic hydroxyl groups is 1. The molecule has 0 saturated carbocycles. The number of ether oxygens (including phenoxy) is 2. The molecule has 4 N–H and O–H groups in total. The first kappa shape index (κ1) is 23.8. The van der Waals surface area contributed by atoms with E-state index in [2.05, 4.69) is 26.0 Å². The third-order valence-corrected chi connectivity index (χ3v) is 5.76. The zero-order chi connectivity index (χ0) is 25.1. The summed E-state index contributed by atoms with van der Waals surface area (Å²) < 4.78 is 19.4. The fraction of sp³-hybridized carbons (Fsp3) is 0.217. The number of hydrogen-bond donors (Lipinski definition) is 4. The van der Waals surface area contributed by atoms with E-state index in [1.807, 2.05) is 25.1 Å². The van der Waals surface area contributed by atoms with Crippen molar-refractivity contribution in [3.8, 4) is 17.2 Å². The highest BCUT2D eigenvalue weighted by Gasteiger charge is 2.23. The number of amides is 1. The summed E-state index contributed by atoms with van der Waals surface area (Å²) >= 11 is 0.961. The first-order chi connectivity index (χ1) is 16.7. The van der Waals surface area contributed by atoms with E-state index in [1.54, 1.807) is 12.1 Å². The van der Waals surface area contributed by atoms with Crippen molar-refractivity contribution in [2.75, 3.05) is 31.0 Å². The zero-order valence-corrected chi connectivity index (χ0v) is 19.8. The second-order valence-corrected chi connectivity index (χ2v) is 8.41. The minimum atomic E-state index is -1.16. The number of anilines is 3. The molecule has 1 atom stereocenters. The topological polar surface area (TPSA) is 146 Å². The van der Waals surface area contributed by atoms with Gasteiger partial charge in [-0.05, 0) is 36.8 Å². The maximum atomic E-state index is 12.6. The van der Waals surface area contributed by atoms with E-state index in [9.17, 15) is 14.7 Å². The molecule has 1 aliphatic rings. The molecule has 182 valence electrons. The van der Waals surface area contributed by atoms with Gasteiger partial charge in [0.25, 0.3) is 5.91 Å². The molecular weight excluding hydrogens is 474 g/mol. The summed E-state index contributed by atoms with van der Waals surface area (Å²) in [5.41, 5.74) is 1.87. The molecule has 3 aromatic rings. The van der Waals surface area contributed by atoms with E-state index in [1.165, 1.54) is 13.1 Å². The third-order valence-electron chi connectivity index (χ3n) is 5.23. The average molecular weight is 498 g/mol. The standard InChI is InChI=1S/C23H23N5O6S/c1-12(2)19(13-7-8-16-17(9-13)34-11-33-16)25-22-21(26-35-27-22)24-15-6-4-5-14(20(15)31)23(32)28(3)10-18(29)30/h4-9,19,31H,1,10-11H2,2-3H3,(H,24,26)(H,25,27)(H,29,30). The van der Waals surface area contributed by atoms with Gasteiger partial charge < -0.3 is 35.2 Å². The molecule has 1 unspecified atom stereocenters. The Labute approximate surface area is 204 Å². The molecule has 1 amide bonds. The Morgan fingerprint density at radius 2 is 1.94 bits per heavy atom. The summed E-state index contributed by atoms with van der Waals surface area (Å²) in [4.78, 5) is 24.5. The number of phenols is 1. The zero-order valence-electron chi connectivity index (χ0n) is 18.9. The van der Waals surface area contributed by atoms with Crippen molar-refractivity contribution in [3.63, 3.8) is 0 Å². The monoisotopic (exact) mass is 497 g/mol. The Bertz CT molecular complexity index is 1290. The number of para-hydroxylation sites is 1. The Balaban J connectivity index is 1.56. The maximum absolute atomic E-state index is 12.6. The van der Waals surface area contributed by atoms with E-state index < -0.39 is 18.4 Å². The van der Waals surface area contributed by atoms with Crippen LogP contribution in [0.1, 0.15) is 28.9 Å². The minimum Gasteiger partial charge on any atom is -0.505 e. The van der Waals surface area contributed by atoms with E-state index in [4.69, 9.17) is 14.6 Å². The van der Waals surface area contributed by atoms with Crippen molar-refractivity contribution in [1.82, 2.24) is 13.6 Å². The van der Waals surface area contributed by atoms with Gasteiger partial charge in [0.05, 0.1) is 29.0 Å². The molecule has 11 nitrogen and oxygen atoms in total. The Kier molecular flexibility index (Phi) is 6.73. The average Bonchev–Trinajstić information content (AvgIpc) is 3.46. The number of likely N-dealkylation sites (N-methyl/N-ethyl adjacent to an activating group) is 1. The maximum Gasteiger partial charge on any atom is 0.323 e. The molecule has 2 heterocycles. The first-order valence-electron chi connectivity index (χ1n) is 10.4. The van der Waals surface area contributed by atoms with Gasteiger partial charge in [0.1, 0.15) is 6.54 Å². The number of carboxylic acid groups (broad SMARTS) is 1. The lowest BCUT2D eigenvalue weighted by Crippen LogP contribution is -2.32. The number of rotatable bonds is 9. The van der Waals surface area contributed by atoms with Crippen LogP contribution >= 0.6 is 11.7 Å². The third kappa shape index (κ3) is 5.11. The van der Waals surface area contributed by atoms with Gasteiger partial charge in [0.15, 0.2) is 28.9 Å². The van der Waals surface area contributed by atoms with Gasteiger partial charge >= 0.3 is 5.97 Å². The van der Waals surface area contributed by atoms with Gasteiger partial charge in [-0.15, -0.1) is 0 Å². The summed E-state index contributed by atoms with van der Waals surface area (Å²) in [7, 11) is 1.34. The van der Waals surface area contributed by atoms with E-state index in [0.717, 1.165) is 27.8 Å². The van der Waals surface area contributed by atoms with Crippen molar-refractivity contribution in [2.24, 2.45) is 0 Å². The van der Waals surface area contributed by atoms with Crippen LogP contribution < -0.4 is 20.1 Å². The summed E-state index contributed by atoms with van der Waals surface area (Å²) in [5, 5.41) is 25.9. The number of nitrogens with zero attached hydrogens (tertiary/aromatic N) is 3. The summed E-state index contributed by atoms with van der Waals surface area (Å²) in [6.45, 7) is 5.63. The predicted molar refractivity (Wildman–Crippen MR) is 130 cm³/mol. The fourth-order valence-electron chi connectivity index (χ4n) is 3.51. The number of fused-ring (bicyclic) bond motifs is 1. The smallest absolute Gasteiger partial charge is 0.323 e. The molecule has 0 bridgehead atoms. The highest BCUT2D eigenvalue weighted by Crippen LogP contribution is 2.38. The lowest BCUT2D eigenvalue weighted by molar-refractivity contribution is -0.137. The van der Waals surface area contributed by atoms with Crippen LogP contribution in [0.15, 0.2) is 48.6 Å². The second kappa shape index (κ2) is 9.89. The first-order valence-corrected chi connectivity index (χ1v) is 11.2. The van der Waals surface area contributed by atoms with Gasteiger partial charge in [-0.3, -0.25) is 9.59 Å². The number of benzene rings is 2. The molecule has 0 spiro atoms. The predicted octanol–water partition coefficient (Wildman–Crippen LogP) is 3.60. The van der Waals surface area contributed by atoms with Gasteiger partial charge in [-0.2, -0.15) is 8.75 Å². The second-order valence-electron chi connectivity index (χ2n) is 7.88. The molecule has 1 aromatic heterocycles. The Hall–Kier alpha value is -4.32.